The molecule has 1 N–H and O–H groups in total. The second-order valence-electron chi connectivity index (χ2n) is 7.17. The summed E-state index contributed by atoms with van der Waals surface area (Å²) in [6, 6.07) is 10.0. The Kier molecular flexibility index (Phi) is 6.48. The van der Waals surface area contributed by atoms with Gasteiger partial charge in [-0.2, -0.15) is 10.5 Å². The Hall–Kier alpha value is -2.84. The Bertz CT molecular complexity index is 914. The molecule has 0 bridgehead atoms. The summed E-state index contributed by atoms with van der Waals surface area (Å²) in [5, 5.41) is 21.1. The number of nitrogens with zero attached hydrogens (tertiary/aromatic N) is 3. The van der Waals surface area contributed by atoms with Gasteiger partial charge in [-0.25, -0.2) is 4.39 Å². The van der Waals surface area contributed by atoms with Crippen molar-refractivity contribution in [1.82, 2.24) is 10.2 Å². The first kappa shape index (κ1) is 21.5. The molecule has 0 aromatic heterocycles. The van der Waals surface area contributed by atoms with Gasteiger partial charge in [-0.15, -0.1) is 0 Å². The number of carbonyl (C=O) groups is 2. The number of thioether (sulfide) groups is 1. The molecule has 1 heterocycles. The zero-order valence-corrected chi connectivity index (χ0v) is 16.9. The van der Waals surface area contributed by atoms with Crippen molar-refractivity contribution in [3.8, 4) is 12.1 Å². The molecule has 0 unspecified atom stereocenters. The fraction of sp³-hybridized carbons (Fsp3) is 0.400. The van der Waals surface area contributed by atoms with E-state index in [2.05, 4.69) is 11.4 Å². The van der Waals surface area contributed by atoms with E-state index < -0.39 is 22.5 Å². The molecule has 28 heavy (non-hydrogen) atoms. The van der Waals surface area contributed by atoms with E-state index in [9.17, 15) is 24.5 Å². The highest BCUT2D eigenvalue weighted by Gasteiger charge is 2.45. The molecule has 6 nitrogen and oxygen atoms in total. The number of amides is 2. The van der Waals surface area contributed by atoms with Gasteiger partial charge < -0.3 is 10.2 Å². The molecule has 8 heteroatoms. The molecule has 0 fully saturated rings. The average molecular weight is 400 g/mol. The van der Waals surface area contributed by atoms with Gasteiger partial charge in [0.25, 0.3) is 0 Å². The van der Waals surface area contributed by atoms with Crippen molar-refractivity contribution in [1.29, 1.82) is 10.5 Å². The molecule has 1 aliphatic heterocycles. The number of benzene rings is 1. The topological polar surface area (TPSA) is 97.0 Å². The minimum atomic E-state index is -0.979. The Morgan fingerprint density at radius 3 is 2.68 bits per heavy atom. The van der Waals surface area contributed by atoms with Crippen molar-refractivity contribution >= 4 is 23.6 Å². The fourth-order valence-electron chi connectivity index (χ4n) is 3.04. The second kappa shape index (κ2) is 8.45. The largest absolute Gasteiger partial charge is 0.340 e. The summed E-state index contributed by atoms with van der Waals surface area (Å²) in [7, 11) is 1.61. The van der Waals surface area contributed by atoms with Gasteiger partial charge in [-0.05, 0) is 24.6 Å². The van der Waals surface area contributed by atoms with Crippen LogP contribution in [0.25, 0.3) is 0 Å². The third-order valence-electron chi connectivity index (χ3n) is 4.66. The van der Waals surface area contributed by atoms with E-state index in [0.717, 1.165) is 11.8 Å². The number of carbonyl (C=O) groups excluding carboxylic acids is 2. The van der Waals surface area contributed by atoms with E-state index in [1.165, 1.54) is 17.0 Å². The summed E-state index contributed by atoms with van der Waals surface area (Å²) in [5.74, 6) is -2.06. The summed E-state index contributed by atoms with van der Waals surface area (Å²) in [4.78, 5) is 26.4. The lowest BCUT2D eigenvalue weighted by Gasteiger charge is -2.35. The zero-order valence-electron chi connectivity index (χ0n) is 16.1. The normalized spacial score (nSPS) is 19.2. The number of nitrogens with one attached hydrogen (secondary N) is 1. The van der Waals surface area contributed by atoms with Crippen LogP contribution < -0.4 is 5.32 Å². The van der Waals surface area contributed by atoms with Crippen LogP contribution in [-0.4, -0.2) is 29.0 Å². The van der Waals surface area contributed by atoms with Gasteiger partial charge in [-0.1, -0.05) is 37.7 Å². The van der Waals surface area contributed by atoms with E-state index in [4.69, 9.17) is 0 Å². The molecule has 1 aliphatic rings. The van der Waals surface area contributed by atoms with Crippen LogP contribution >= 0.6 is 11.8 Å². The van der Waals surface area contributed by atoms with E-state index in [0.29, 0.717) is 10.6 Å². The second-order valence-corrected chi connectivity index (χ2v) is 8.52. The first-order valence-electron chi connectivity index (χ1n) is 8.63. The van der Waals surface area contributed by atoms with Crippen molar-refractivity contribution in [2.45, 2.75) is 32.6 Å². The maximum atomic E-state index is 13.3. The Balaban J connectivity index is 2.18. The van der Waals surface area contributed by atoms with Crippen LogP contribution in [0.3, 0.4) is 0 Å². The van der Waals surface area contributed by atoms with E-state index in [-0.39, 0.29) is 23.8 Å². The van der Waals surface area contributed by atoms with Gasteiger partial charge in [0.2, 0.25) is 11.8 Å². The van der Waals surface area contributed by atoms with Gasteiger partial charge in [0, 0.05) is 19.0 Å². The predicted octanol–water partition coefficient (Wildman–Crippen LogP) is 2.94. The van der Waals surface area contributed by atoms with Crippen molar-refractivity contribution in [2.24, 2.45) is 11.3 Å². The summed E-state index contributed by atoms with van der Waals surface area (Å²) in [6.45, 7) is 5.25. The number of hydrogen-bond donors (Lipinski definition) is 1. The number of nitriles is 2. The SMILES string of the molecule is C[C@H](SC1=C(C#N)C(C)(C)[C@H](C#N)C(=O)N1)C(=O)N(C)Cc1cccc(F)c1. The van der Waals surface area contributed by atoms with E-state index in [1.54, 1.807) is 40.0 Å². The Morgan fingerprint density at radius 2 is 2.11 bits per heavy atom. The highest BCUT2D eigenvalue weighted by atomic mass is 32.2. The molecule has 0 saturated carbocycles. The van der Waals surface area contributed by atoms with Crippen LogP contribution in [0.15, 0.2) is 34.9 Å². The van der Waals surface area contributed by atoms with Crippen molar-refractivity contribution in [3.05, 3.63) is 46.2 Å². The van der Waals surface area contributed by atoms with Crippen molar-refractivity contribution in [3.63, 3.8) is 0 Å². The third kappa shape index (κ3) is 4.35. The number of rotatable bonds is 5. The molecule has 0 aliphatic carbocycles. The first-order valence-corrected chi connectivity index (χ1v) is 9.51. The maximum Gasteiger partial charge on any atom is 0.243 e. The molecule has 2 atom stereocenters. The van der Waals surface area contributed by atoms with Gasteiger partial charge >= 0.3 is 0 Å². The molecule has 0 radical (unpaired) electrons. The quantitative estimate of drug-likeness (QED) is 0.820. The summed E-state index contributed by atoms with van der Waals surface area (Å²) in [6.07, 6.45) is 0. The van der Waals surface area contributed by atoms with Crippen molar-refractivity contribution < 1.29 is 14.0 Å². The predicted molar refractivity (Wildman–Crippen MR) is 104 cm³/mol. The standard InChI is InChI=1S/C20H21FN4O2S/c1-12(19(27)25(4)11-13-6-5-7-14(21)8-13)28-18-16(10-23)20(2,3)15(9-22)17(26)24-18/h5-8,12,15H,11H2,1-4H3,(H,24,26)/t12-,15+/m0/s1. The molecule has 146 valence electrons. The number of hydrogen-bond acceptors (Lipinski definition) is 5. The summed E-state index contributed by atoms with van der Waals surface area (Å²) in [5.41, 5.74) is -0.0188. The molecule has 0 spiro atoms. The molecular weight excluding hydrogens is 379 g/mol. The maximum absolute atomic E-state index is 13.3. The minimum Gasteiger partial charge on any atom is -0.340 e. The van der Waals surface area contributed by atoms with Gasteiger partial charge in [0.1, 0.15) is 11.7 Å². The summed E-state index contributed by atoms with van der Waals surface area (Å²) < 4.78 is 13.3. The minimum absolute atomic E-state index is 0.228. The molecular formula is C20H21FN4O2S. The van der Waals surface area contributed by atoms with Crippen LogP contribution in [0, 0.1) is 39.8 Å². The number of allylic oxidation sites excluding steroid dienone is 1. The van der Waals surface area contributed by atoms with E-state index >= 15 is 0 Å². The Labute approximate surface area is 168 Å². The van der Waals surface area contributed by atoms with Crippen LogP contribution in [-0.2, 0) is 16.1 Å². The first-order chi connectivity index (χ1) is 13.1. The van der Waals surface area contributed by atoms with Gasteiger partial charge in [0.05, 0.1) is 28.0 Å². The van der Waals surface area contributed by atoms with Crippen LogP contribution in [0.1, 0.15) is 26.3 Å². The lowest BCUT2D eigenvalue weighted by molar-refractivity contribution is -0.129. The molecule has 2 rings (SSSR count). The average Bonchev–Trinajstić information content (AvgIpc) is 2.60. The molecule has 1 aromatic rings. The van der Waals surface area contributed by atoms with Gasteiger partial charge in [0.15, 0.2) is 0 Å². The lowest BCUT2D eigenvalue weighted by Crippen LogP contribution is -2.45. The fourth-order valence-corrected chi connectivity index (χ4v) is 4.26. The van der Waals surface area contributed by atoms with Crippen LogP contribution in [0.5, 0.6) is 0 Å². The lowest BCUT2D eigenvalue weighted by atomic mass is 9.72. The smallest absolute Gasteiger partial charge is 0.243 e. The number of halogens is 1. The third-order valence-corrected chi connectivity index (χ3v) is 5.76. The van der Waals surface area contributed by atoms with E-state index in [1.807, 2.05) is 6.07 Å². The highest BCUT2D eigenvalue weighted by Crippen LogP contribution is 2.42. The van der Waals surface area contributed by atoms with Crippen LogP contribution in [0.2, 0.25) is 0 Å². The van der Waals surface area contributed by atoms with Crippen molar-refractivity contribution in [2.75, 3.05) is 7.05 Å². The van der Waals surface area contributed by atoms with Crippen LogP contribution in [0.4, 0.5) is 4.39 Å². The molecule has 2 amide bonds. The highest BCUT2D eigenvalue weighted by molar-refractivity contribution is 8.04. The molecule has 1 aromatic carbocycles. The summed E-state index contributed by atoms with van der Waals surface area (Å²) >= 11 is 1.07. The van der Waals surface area contributed by atoms with Gasteiger partial charge in [-0.3, -0.25) is 9.59 Å². The zero-order chi connectivity index (χ0) is 21.1. The Morgan fingerprint density at radius 1 is 1.43 bits per heavy atom. The molecule has 0 saturated heterocycles. The monoisotopic (exact) mass is 400 g/mol.